The molecule has 0 aliphatic rings. The van der Waals surface area contributed by atoms with Gasteiger partial charge in [-0.25, -0.2) is 0 Å². The van der Waals surface area contributed by atoms with E-state index >= 15 is 0 Å². The largest absolute Gasteiger partial charge is 0.378 e. The Hall–Kier alpha value is -2.56. The maximum atomic E-state index is 11.0. The van der Waals surface area contributed by atoms with Crippen LogP contribution in [-0.4, -0.2) is 25.0 Å². The van der Waals surface area contributed by atoms with Crippen LogP contribution in [0.15, 0.2) is 42.7 Å². The van der Waals surface area contributed by atoms with Gasteiger partial charge in [0.05, 0.1) is 17.6 Å². The van der Waals surface area contributed by atoms with E-state index in [-0.39, 0.29) is 5.91 Å². The van der Waals surface area contributed by atoms with Crippen LogP contribution in [0.1, 0.15) is 12.5 Å². The van der Waals surface area contributed by atoms with Gasteiger partial charge in [-0.15, -0.1) is 0 Å². The number of pyridine rings is 1. The third kappa shape index (κ3) is 4.21. The number of rotatable bonds is 5. The van der Waals surface area contributed by atoms with Crippen LogP contribution < -0.4 is 15.5 Å². The maximum absolute atomic E-state index is 11.0. The lowest BCUT2D eigenvalue weighted by Crippen LogP contribution is -2.12. The molecule has 0 aliphatic carbocycles. The van der Waals surface area contributed by atoms with Crippen molar-refractivity contribution < 1.29 is 4.79 Å². The van der Waals surface area contributed by atoms with E-state index in [1.807, 2.05) is 55.5 Å². The summed E-state index contributed by atoms with van der Waals surface area (Å²) in [7, 11) is 4.01. The van der Waals surface area contributed by atoms with Gasteiger partial charge in [0.15, 0.2) is 0 Å². The SMILES string of the molecule is CC(=O)Nc1ccc(CNc2cnccc2N(C)C)cc1. The third-order valence-corrected chi connectivity index (χ3v) is 3.04. The third-order valence-electron chi connectivity index (χ3n) is 3.04. The van der Waals surface area contributed by atoms with Crippen molar-refractivity contribution in [3.63, 3.8) is 0 Å². The number of hydrogen-bond donors (Lipinski definition) is 2. The second-order valence-electron chi connectivity index (χ2n) is 5.02. The first kappa shape index (κ1) is 14.8. The zero-order valence-corrected chi connectivity index (χ0v) is 12.6. The van der Waals surface area contributed by atoms with Gasteiger partial charge in [0.2, 0.25) is 5.91 Å². The fourth-order valence-corrected chi connectivity index (χ4v) is 2.02. The molecule has 2 rings (SSSR count). The number of aromatic nitrogens is 1. The van der Waals surface area contributed by atoms with Crippen molar-refractivity contribution in [3.8, 4) is 0 Å². The minimum Gasteiger partial charge on any atom is -0.378 e. The minimum atomic E-state index is -0.0631. The Balaban J connectivity index is 2.02. The van der Waals surface area contributed by atoms with E-state index < -0.39 is 0 Å². The highest BCUT2D eigenvalue weighted by Crippen LogP contribution is 2.23. The van der Waals surface area contributed by atoms with E-state index in [9.17, 15) is 4.79 Å². The Labute approximate surface area is 125 Å². The highest BCUT2D eigenvalue weighted by molar-refractivity contribution is 5.88. The van der Waals surface area contributed by atoms with Crippen LogP contribution in [0.25, 0.3) is 0 Å². The van der Waals surface area contributed by atoms with Gasteiger partial charge in [0.25, 0.3) is 0 Å². The Morgan fingerprint density at radius 2 is 1.90 bits per heavy atom. The molecule has 1 aromatic carbocycles. The molecule has 2 aromatic rings. The molecule has 1 aromatic heterocycles. The molecule has 0 fully saturated rings. The molecule has 0 saturated carbocycles. The van der Waals surface area contributed by atoms with Crippen LogP contribution in [0.4, 0.5) is 17.1 Å². The summed E-state index contributed by atoms with van der Waals surface area (Å²) in [6.07, 6.45) is 3.60. The zero-order valence-electron chi connectivity index (χ0n) is 12.6. The Kier molecular flexibility index (Phi) is 4.77. The normalized spacial score (nSPS) is 10.0. The zero-order chi connectivity index (χ0) is 15.2. The first-order chi connectivity index (χ1) is 10.1. The summed E-state index contributed by atoms with van der Waals surface area (Å²) < 4.78 is 0. The molecular formula is C16H20N4O. The van der Waals surface area contributed by atoms with E-state index in [1.165, 1.54) is 6.92 Å². The van der Waals surface area contributed by atoms with Crippen LogP contribution in [0.2, 0.25) is 0 Å². The molecule has 0 unspecified atom stereocenters. The maximum Gasteiger partial charge on any atom is 0.221 e. The van der Waals surface area contributed by atoms with Crippen LogP contribution in [0.5, 0.6) is 0 Å². The first-order valence-electron chi connectivity index (χ1n) is 6.78. The monoisotopic (exact) mass is 284 g/mol. The van der Waals surface area contributed by atoms with E-state index in [0.717, 1.165) is 22.6 Å². The smallest absolute Gasteiger partial charge is 0.221 e. The van der Waals surface area contributed by atoms with Gasteiger partial charge in [0.1, 0.15) is 0 Å². The van der Waals surface area contributed by atoms with Crippen molar-refractivity contribution in [1.82, 2.24) is 4.98 Å². The Morgan fingerprint density at radius 3 is 2.52 bits per heavy atom. The van der Waals surface area contributed by atoms with Gasteiger partial charge in [-0.05, 0) is 23.8 Å². The topological polar surface area (TPSA) is 57.3 Å². The van der Waals surface area contributed by atoms with Crippen molar-refractivity contribution in [2.24, 2.45) is 0 Å². The number of benzene rings is 1. The molecule has 1 heterocycles. The fraction of sp³-hybridized carbons (Fsp3) is 0.250. The van der Waals surface area contributed by atoms with Crippen molar-refractivity contribution >= 4 is 23.0 Å². The molecule has 0 saturated heterocycles. The number of carbonyl (C=O) groups is 1. The molecule has 5 heteroatoms. The number of nitrogens with one attached hydrogen (secondary N) is 2. The second-order valence-corrected chi connectivity index (χ2v) is 5.02. The quantitative estimate of drug-likeness (QED) is 0.886. The van der Waals surface area contributed by atoms with Crippen LogP contribution >= 0.6 is 0 Å². The minimum absolute atomic E-state index is 0.0631. The van der Waals surface area contributed by atoms with Crippen molar-refractivity contribution in [1.29, 1.82) is 0 Å². The van der Waals surface area contributed by atoms with Gasteiger partial charge in [-0.2, -0.15) is 0 Å². The highest BCUT2D eigenvalue weighted by Gasteiger charge is 2.04. The number of hydrogen-bond acceptors (Lipinski definition) is 4. The number of anilines is 3. The summed E-state index contributed by atoms with van der Waals surface area (Å²) in [5.41, 5.74) is 4.03. The molecule has 0 spiro atoms. The molecule has 110 valence electrons. The summed E-state index contributed by atoms with van der Waals surface area (Å²) >= 11 is 0. The molecule has 1 amide bonds. The predicted octanol–water partition coefficient (Wildman–Crippen LogP) is 2.72. The van der Waals surface area contributed by atoms with Crippen molar-refractivity contribution in [2.75, 3.05) is 29.6 Å². The van der Waals surface area contributed by atoms with E-state index in [2.05, 4.69) is 15.6 Å². The average Bonchev–Trinajstić information content (AvgIpc) is 2.46. The average molecular weight is 284 g/mol. The lowest BCUT2D eigenvalue weighted by molar-refractivity contribution is -0.114. The number of carbonyl (C=O) groups excluding carboxylic acids is 1. The van der Waals surface area contributed by atoms with E-state index in [0.29, 0.717) is 6.54 Å². The lowest BCUT2D eigenvalue weighted by Gasteiger charge is -2.18. The summed E-state index contributed by atoms with van der Waals surface area (Å²) in [5.74, 6) is -0.0631. The van der Waals surface area contributed by atoms with Gasteiger partial charge >= 0.3 is 0 Å². The number of amides is 1. The molecule has 0 aliphatic heterocycles. The molecule has 0 bridgehead atoms. The molecule has 21 heavy (non-hydrogen) atoms. The summed E-state index contributed by atoms with van der Waals surface area (Å²) in [6, 6.07) is 9.75. The summed E-state index contributed by atoms with van der Waals surface area (Å²) in [6.45, 7) is 2.20. The van der Waals surface area contributed by atoms with Gasteiger partial charge in [0, 0.05) is 39.4 Å². The van der Waals surface area contributed by atoms with E-state index in [4.69, 9.17) is 0 Å². The molecule has 0 atom stereocenters. The molecule has 2 N–H and O–H groups in total. The van der Waals surface area contributed by atoms with E-state index in [1.54, 1.807) is 6.20 Å². The van der Waals surface area contributed by atoms with Gasteiger partial charge < -0.3 is 15.5 Å². The highest BCUT2D eigenvalue weighted by atomic mass is 16.1. The fourth-order valence-electron chi connectivity index (χ4n) is 2.02. The Morgan fingerprint density at radius 1 is 1.19 bits per heavy atom. The second kappa shape index (κ2) is 6.74. The van der Waals surface area contributed by atoms with Crippen molar-refractivity contribution in [2.45, 2.75) is 13.5 Å². The molecule has 0 radical (unpaired) electrons. The van der Waals surface area contributed by atoms with Gasteiger partial charge in [-0.1, -0.05) is 12.1 Å². The molecule has 5 nitrogen and oxygen atoms in total. The van der Waals surface area contributed by atoms with Crippen LogP contribution in [0.3, 0.4) is 0 Å². The predicted molar refractivity (Wildman–Crippen MR) is 86.6 cm³/mol. The molecular weight excluding hydrogens is 264 g/mol. The van der Waals surface area contributed by atoms with Crippen LogP contribution in [-0.2, 0) is 11.3 Å². The van der Waals surface area contributed by atoms with Gasteiger partial charge in [-0.3, -0.25) is 9.78 Å². The van der Waals surface area contributed by atoms with Crippen LogP contribution in [0, 0.1) is 0 Å². The Bertz CT molecular complexity index is 608. The summed E-state index contributed by atoms with van der Waals surface area (Å²) in [4.78, 5) is 17.2. The standard InChI is InChI=1S/C16H20N4O/c1-12(21)19-14-6-4-13(5-7-14)10-18-15-11-17-9-8-16(15)20(2)3/h4-9,11,18H,10H2,1-3H3,(H,19,21). The number of nitrogens with zero attached hydrogens (tertiary/aromatic N) is 2. The lowest BCUT2D eigenvalue weighted by atomic mass is 10.2. The van der Waals surface area contributed by atoms with Crippen molar-refractivity contribution in [3.05, 3.63) is 48.3 Å². The first-order valence-corrected chi connectivity index (χ1v) is 6.78. The summed E-state index contributed by atoms with van der Waals surface area (Å²) in [5, 5.41) is 6.13.